The summed E-state index contributed by atoms with van der Waals surface area (Å²) in [6.07, 6.45) is 1.56. The number of hydrazone groups is 1. The SMILES string of the molecule is Cc1ccc(N/N=C2/CCc3ccccc3C2=O)cc1. The van der Waals surface area contributed by atoms with E-state index in [4.69, 9.17) is 0 Å². The number of rotatable bonds is 2. The van der Waals surface area contributed by atoms with E-state index < -0.39 is 0 Å². The lowest BCUT2D eigenvalue weighted by Gasteiger charge is -2.16. The second-order valence-electron chi connectivity index (χ2n) is 5.02. The van der Waals surface area contributed by atoms with Gasteiger partial charge in [-0.05, 0) is 37.5 Å². The zero-order valence-electron chi connectivity index (χ0n) is 11.4. The van der Waals surface area contributed by atoms with Gasteiger partial charge in [-0.25, -0.2) is 0 Å². The number of nitrogens with one attached hydrogen (secondary N) is 1. The molecule has 3 rings (SSSR count). The fourth-order valence-electron chi connectivity index (χ4n) is 2.35. The second kappa shape index (κ2) is 5.29. The molecule has 1 aliphatic rings. The Morgan fingerprint density at radius 2 is 1.75 bits per heavy atom. The van der Waals surface area contributed by atoms with Gasteiger partial charge >= 0.3 is 0 Å². The molecule has 2 aromatic carbocycles. The molecule has 0 bridgehead atoms. The highest BCUT2D eigenvalue weighted by molar-refractivity contribution is 6.47. The molecule has 0 atom stereocenters. The highest BCUT2D eigenvalue weighted by Gasteiger charge is 2.22. The lowest BCUT2D eigenvalue weighted by Crippen LogP contribution is -2.23. The van der Waals surface area contributed by atoms with Gasteiger partial charge in [-0.3, -0.25) is 10.2 Å². The monoisotopic (exact) mass is 264 g/mol. The number of aryl methyl sites for hydroxylation is 2. The van der Waals surface area contributed by atoms with E-state index in [0.29, 0.717) is 12.1 Å². The maximum atomic E-state index is 12.3. The largest absolute Gasteiger partial charge is 0.287 e. The molecule has 0 saturated heterocycles. The number of carbonyl (C=O) groups is 1. The lowest BCUT2D eigenvalue weighted by atomic mass is 9.89. The van der Waals surface area contributed by atoms with Crippen LogP contribution in [0.4, 0.5) is 5.69 Å². The third-order valence-electron chi connectivity index (χ3n) is 3.53. The number of fused-ring (bicyclic) bond motifs is 1. The van der Waals surface area contributed by atoms with E-state index in [1.165, 1.54) is 5.56 Å². The van der Waals surface area contributed by atoms with Crippen LogP contribution in [-0.2, 0) is 6.42 Å². The lowest BCUT2D eigenvalue weighted by molar-refractivity contribution is 0.106. The van der Waals surface area contributed by atoms with Crippen LogP contribution < -0.4 is 5.43 Å². The van der Waals surface area contributed by atoms with Gasteiger partial charge in [0.2, 0.25) is 5.78 Å². The van der Waals surface area contributed by atoms with Crippen molar-refractivity contribution < 1.29 is 4.79 Å². The van der Waals surface area contributed by atoms with Crippen LogP contribution in [0.2, 0.25) is 0 Å². The third kappa shape index (κ3) is 2.48. The van der Waals surface area contributed by atoms with E-state index in [0.717, 1.165) is 23.2 Å². The number of carbonyl (C=O) groups excluding carboxylic acids is 1. The van der Waals surface area contributed by atoms with Crippen molar-refractivity contribution in [2.45, 2.75) is 19.8 Å². The summed E-state index contributed by atoms with van der Waals surface area (Å²) in [6, 6.07) is 15.7. The summed E-state index contributed by atoms with van der Waals surface area (Å²) in [6.45, 7) is 2.04. The van der Waals surface area contributed by atoms with Crippen LogP contribution in [0.1, 0.15) is 27.9 Å². The molecule has 0 radical (unpaired) electrons. The Hall–Kier alpha value is -2.42. The predicted molar refractivity (Wildman–Crippen MR) is 81.3 cm³/mol. The Balaban J connectivity index is 1.80. The highest BCUT2D eigenvalue weighted by atomic mass is 16.1. The zero-order chi connectivity index (χ0) is 13.9. The summed E-state index contributed by atoms with van der Waals surface area (Å²) in [4.78, 5) is 12.3. The molecule has 0 saturated carbocycles. The number of hydrogen-bond acceptors (Lipinski definition) is 3. The Morgan fingerprint density at radius 3 is 2.55 bits per heavy atom. The molecule has 3 heteroatoms. The predicted octanol–water partition coefficient (Wildman–Crippen LogP) is 3.59. The van der Waals surface area contributed by atoms with Crippen LogP contribution in [0.25, 0.3) is 0 Å². The fraction of sp³-hybridized carbons (Fsp3) is 0.176. The second-order valence-corrected chi connectivity index (χ2v) is 5.02. The molecular weight excluding hydrogens is 248 g/mol. The normalized spacial score (nSPS) is 16.1. The molecule has 0 aliphatic heterocycles. The van der Waals surface area contributed by atoms with Crippen LogP contribution >= 0.6 is 0 Å². The average molecular weight is 264 g/mol. The summed E-state index contributed by atoms with van der Waals surface area (Å²) in [5, 5.41) is 4.28. The molecule has 3 nitrogen and oxygen atoms in total. The molecule has 0 aromatic heterocycles. The minimum Gasteiger partial charge on any atom is -0.287 e. The summed E-state index contributed by atoms with van der Waals surface area (Å²) >= 11 is 0. The Labute approximate surface area is 118 Å². The first kappa shape index (κ1) is 12.6. The Bertz CT molecular complexity index is 672. The number of ketones is 1. The van der Waals surface area contributed by atoms with Crippen molar-refractivity contribution in [3.05, 3.63) is 65.2 Å². The van der Waals surface area contributed by atoms with Crippen molar-refractivity contribution in [3.8, 4) is 0 Å². The van der Waals surface area contributed by atoms with E-state index in [-0.39, 0.29) is 5.78 Å². The van der Waals surface area contributed by atoms with Gasteiger partial charge in [0.25, 0.3) is 0 Å². The van der Waals surface area contributed by atoms with Crippen LogP contribution in [0.3, 0.4) is 0 Å². The standard InChI is InChI=1S/C17H16N2O/c1-12-6-9-14(10-7-12)18-19-16-11-8-13-4-2-3-5-15(13)17(16)20/h2-7,9-10,18H,8,11H2,1H3/b19-16-. The number of Topliss-reactive ketones (excluding diaryl/α,β-unsaturated/α-hetero) is 1. The molecule has 0 unspecified atom stereocenters. The maximum absolute atomic E-state index is 12.3. The molecule has 0 heterocycles. The molecular formula is C17H16N2O. The smallest absolute Gasteiger partial charge is 0.209 e. The van der Waals surface area contributed by atoms with Gasteiger partial charge in [-0.15, -0.1) is 0 Å². The number of hydrogen-bond donors (Lipinski definition) is 1. The zero-order valence-corrected chi connectivity index (χ0v) is 11.4. The van der Waals surface area contributed by atoms with Crippen LogP contribution in [0, 0.1) is 6.92 Å². The van der Waals surface area contributed by atoms with Gasteiger partial charge in [-0.1, -0.05) is 42.0 Å². The van der Waals surface area contributed by atoms with E-state index in [1.807, 2.05) is 55.5 Å². The highest BCUT2D eigenvalue weighted by Crippen LogP contribution is 2.19. The molecule has 100 valence electrons. The molecule has 1 N–H and O–H groups in total. The fourth-order valence-corrected chi connectivity index (χ4v) is 2.35. The first-order chi connectivity index (χ1) is 9.74. The quantitative estimate of drug-likeness (QED) is 0.842. The van der Waals surface area contributed by atoms with Crippen molar-refractivity contribution in [1.29, 1.82) is 0 Å². The van der Waals surface area contributed by atoms with E-state index >= 15 is 0 Å². The molecule has 0 spiro atoms. The molecule has 0 fully saturated rings. The molecule has 2 aromatic rings. The van der Waals surface area contributed by atoms with Gasteiger partial charge in [0.15, 0.2) is 0 Å². The summed E-state index contributed by atoms with van der Waals surface area (Å²) < 4.78 is 0. The third-order valence-corrected chi connectivity index (χ3v) is 3.53. The summed E-state index contributed by atoms with van der Waals surface area (Å²) in [5.74, 6) is 0.0338. The van der Waals surface area contributed by atoms with Crippen molar-refractivity contribution in [3.63, 3.8) is 0 Å². The van der Waals surface area contributed by atoms with E-state index in [2.05, 4.69) is 10.5 Å². The maximum Gasteiger partial charge on any atom is 0.209 e. The van der Waals surface area contributed by atoms with Gasteiger partial charge in [-0.2, -0.15) is 5.10 Å². The van der Waals surface area contributed by atoms with Gasteiger partial charge in [0.1, 0.15) is 5.71 Å². The van der Waals surface area contributed by atoms with Crippen LogP contribution in [-0.4, -0.2) is 11.5 Å². The number of benzene rings is 2. The average Bonchev–Trinajstić information content (AvgIpc) is 2.49. The number of anilines is 1. The van der Waals surface area contributed by atoms with Gasteiger partial charge < -0.3 is 0 Å². The van der Waals surface area contributed by atoms with Gasteiger partial charge in [0.05, 0.1) is 5.69 Å². The molecule has 1 aliphatic carbocycles. The van der Waals surface area contributed by atoms with Gasteiger partial charge in [0, 0.05) is 5.56 Å². The van der Waals surface area contributed by atoms with E-state index in [9.17, 15) is 4.79 Å². The topological polar surface area (TPSA) is 41.5 Å². The van der Waals surface area contributed by atoms with Crippen LogP contribution in [0.15, 0.2) is 53.6 Å². The van der Waals surface area contributed by atoms with Crippen molar-refractivity contribution in [2.75, 3.05) is 5.43 Å². The molecule has 20 heavy (non-hydrogen) atoms. The molecule has 0 amide bonds. The number of nitrogens with zero attached hydrogens (tertiary/aromatic N) is 1. The first-order valence-electron chi connectivity index (χ1n) is 6.76. The van der Waals surface area contributed by atoms with Crippen molar-refractivity contribution in [1.82, 2.24) is 0 Å². The van der Waals surface area contributed by atoms with Crippen molar-refractivity contribution >= 4 is 17.2 Å². The first-order valence-corrected chi connectivity index (χ1v) is 6.76. The summed E-state index contributed by atoms with van der Waals surface area (Å²) in [5.41, 5.74) is 7.57. The minimum atomic E-state index is 0.0338. The van der Waals surface area contributed by atoms with Crippen molar-refractivity contribution in [2.24, 2.45) is 5.10 Å². The minimum absolute atomic E-state index is 0.0338. The van der Waals surface area contributed by atoms with Crippen LogP contribution in [0.5, 0.6) is 0 Å². The Kier molecular flexibility index (Phi) is 3.33. The summed E-state index contributed by atoms with van der Waals surface area (Å²) in [7, 11) is 0. The Morgan fingerprint density at radius 1 is 1.00 bits per heavy atom. The van der Waals surface area contributed by atoms with E-state index in [1.54, 1.807) is 0 Å².